The number of benzene rings is 2. The second-order valence-electron chi connectivity index (χ2n) is 8.62. The molecule has 0 radical (unpaired) electrons. The van der Waals surface area contributed by atoms with E-state index in [0.717, 1.165) is 11.1 Å². The molecule has 0 fully saturated rings. The number of hydrogen-bond donors (Lipinski definition) is 4. The summed E-state index contributed by atoms with van der Waals surface area (Å²) in [6, 6.07) is 14.2. The van der Waals surface area contributed by atoms with Crippen molar-refractivity contribution in [2.45, 2.75) is 31.1 Å². The molecule has 2 unspecified atom stereocenters. The minimum atomic E-state index is -2.58. The number of carbonyl (C=O) groups is 1. The molecular weight excluding hydrogens is 485 g/mol. The highest BCUT2D eigenvalue weighted by molar-refractivity contribution is 7.71. The summed E-state index contributed by atoms with van der Waals surface area (Å²) in [4.78, 5) is 32.2. The van der Waals surface area contributed by atoms with Crippen molar-refractivity contribution in [3.63, 3.8) is 0 Å². The van der Waals surface area contributed by atoms with Crippen LogP contribution in [0.1, 0.15) is 57.1 Å². The van der Waals surface area contributed by atoms with Crippen LogP contribution in [0, 0.1) is 5.82 Å². The maximum Gasteiger partial charge on any atom is 0.261 e. The summed E-state index contributed by atoms with van der Waals surface area (Å²) in [5.41, 5.74) is 8.11. The molecule has 1 amide bonds. The first-order chi connectivity index (χ1) is 17.1. The van der Waals surface area contributed by atoms with E-state index in [1.165, 1.54) is 12.1 Å². The van der Waals surface area contributed by atoms with Crippen LogP contribution in [0.3, 0.4) is 0 Å². The van der Waals surface area contributed by atoms with Gasteiger partial charge in [0.05, 0.1) is 22.9 Å². The van der Waals surface area contributed by atoms with Crippen LogP contribution in [0.15, 0.2) is 65.6 Å². The van der Waals surface area contributed by atoms with Gasteiger partial charge in [-0.1, -0.05) is 43.3 Å². The smallest absolute Gasteiger partial charge is 0.261 e. The monoisotopic (exact) mass is 509 g/mol. The molecule has 0 aliphatic carbocycles. The molecule has 10 heteroatoms. The van der Waals surface area contributed by atoms with Crippen molar-refractivity contribution < 1.29 is 22.7 Å². The quantitative estimate of drug-likeness (QED) is 0.269. The number of aromatic nitrogens is 2. The summed E-state index contributed by atoms with van der Waals surface area (Å²) in [6.07, 6.45) is 0.900. The van der Waals surface area contributed by atoms with E-state index >= 15 is 0 Å². The van der Waals surface area contributed by atoms with E-state index in [1.54, 1.807) is 55.6 Å². The number of H-pyrrole nitrogens is 1. The van der Waals surface area contributed by atoms with E-state index in [4.69, 9.17) is 5.73 Å². The fraction of sp³-hybridized carbons (Fsp3) is 0.192. The van der Waals surface area contributed by atoms with Crippen molar-refractivity contribution in [1.29, 1.82) is 0 Å². The molecule has 186 valence electrons. The topological polar surface area (TPSA) is 143 Å². The summed E-state index contributed by atoms with van der Waals surface area (Å²) < 4.78 is 35.2. The van der Waals surface area contributed by atoms with E-state index in [-0.39, 0.29) is 22.7 Å². The van der Waals surface area contributed by atoms with Crippen LogP contribution < -0.4 is 11.3 Å². The van der Waals surface area contributed by atoms with E-state index in [1.807, 2.05) is 0 Å². The Bertz CT molecular complexity index is 1560. The van der Waals surface area contributed by atoms with Gasteiger partial charge in [0.2, 0.25) is 0 Å². The Morgan fingerprint density at radius 2 is 1.72 bits per heavy atom. The number of primary amides is 1. The third-order valence-electron chi connectivity index (χ3n) is 6.07. The maximum absolute atomic E-state index is 13.2. The molecule has 0 spiro atoms. The number of thiol groups is 1. The zero-order valence-corrected chi connectivity index (χ0v) is 20.2. The number of rotatable bonds is 8. The summed E-state index contributed by atoms with van der Waals surface area (Å²) >= 11 is 0. The first-order valence-corrected chi connectivity index (χ1v) is 12.5. The number of amides is 1. The lowest BCUT2D eigenvalue weighted by Crippen LogP contribution is -2.28. The molecule has 36 heavy (non-hydrogen) atoms. The van der Waals surface area contributed by atoms with Gasteiger partial charge in [-0.2, -0.15) is 0 Å². The van der Waals surface area contributed by atoms with Crippen molar-refractivity contribution in [2.24, 2.45) is 5.73 Å². The lowest BCUT2D eigenvalue weighted by molar-refractivity contribution is 0.0995. The predicted molar refractivity (Wildman–Crippen MR) is 134 cm³/mol. The Kier molecular flexibility index (Phi) is 7.27. The van der Waals surface area contributed by atoms with Crippen molar-refractivity contribution in [3.8, 4) is 0 Å². The van der Waals surface area contributed by atoms with E-state index in [2.05, 4.69) is 9.97 Å². The molecule has 0 bridgehead atoms. The van der Waals surface area contributed by atoms with Gasteiger partial charge in [0.1, 0.15) is 22.1 Å². The van der Waals surface area contributed by atoms with Gasteiger partial charge in [-0.15, -0.1) is 0 Å². The summed E-state index contributed by atoms with van der Waals surface area (Å²) in [6.45, 7) is 1.65. The van der Waals surface area contributed by atoms with Crippen LogP contribution in [-0.2, 0) is 22.9 Å². The number of aliphatic hydroxyl groups is 1. The molecule has 0 saturated carbocycles. The number of nitrogens with zero attached hydrogens (tertiary/aromatic N) is 1. The van der Waals surface area contributed by atoms with E-state index in [9.17, 15) is 27.5 Å². The van der Waals surface area contributed by atoms with Crippen LogP contribution in [-0.4, -0.2) is 29.4 Å². The van der Waals surface area contributed by atoms with Crippen LogP contribution in [0.4, 0.5) is 4.39 Å². The van der Waals surface area contributed by atoms with Gasteiger partial charge in [0.15, 0.2) is 0 Å². The van der Waals surface area contributed by atoms with E-state index < -0.39 is 34.2 Å². The minimum absolute atomic E-state index is 0.115. The number of aromatic amines is 1. The summed E-state index contributed by atoms with van der Waals surface area (Å²) in [5, 5.41) is 11.1. The zero-order valence-electron chi connectivity index (χ0n) is 19.3. The molecule has 0 saturated heterocycles. The van der Waals surface area contributed by atoms with Crippen molar-refractivity contribution >= 4 is 27.6 Å². The lowest BCUT2D eigenvalue weighted by atomic mass is 9.86. The molecule has 4 rings (SSSR count). The second-order valence-corrected chi connectivity index (χ2v) is 9.60. The van der Waals surface area contributed by atoms with Crippen LogP contribution in [0.25, 0.3) is 11.0 Å². The number of pyridine rings is 2. The number of fused-ring (bicyclic) bond motifs is 1. The standard InChI is InChI=1S/C26H24FN3O5S/c1-14(24(31)18-6-2-16(3-7-18)13-36(34)35)21-22(25(28)32)26(33)30-20-11-17(12-29-23(20)21)10-15-4-8-19(27)9-5-15/h2-9,11-12,14,24,31,36H,10,13H2,1H3,(H2,28,32)(H,30,33). The number of nitrogens with one attached hydrogen (secondary N) is 1. The fourth-order valence-corrected chi connectivity index (χ4v) is 4.79. The number of nitrogens with two attached hydrogens (primary N) is 1. The summed E-state index contributed by atoms with van der Waals surface area (Å²) in [5.74, 6) is -2.16. The number of carbonyl (C=O) groups excluding carboxylic acids is 1. The molecule has 0 aliphatic rings. The van der Waals surface area contributed by atoms with E-state index in [0.29, 0.717) is 28.6 Å². The Labute approximate surface area is 207 Å². The number of halogens is 1. The molecular formula is C26H24FN3O5S. The Hall–Kier alpha value is -3.89. The molecule has 2 aromatic heterocycles. The Morgan fingerprint density at radius 1 is 1.08 bits per heavy atom. The normalized spacial score (nSPS) is 13.1. The lowest BCUT2D eigenvalue weighted by Gasteiger charge is -2.22. The first kappa shape index (κ1) is 25.2. The van der Waals surface area contributed by atoms with Crippen molar-refractivity contribution in [3.05, 3.63) is 110 Å². The highest BCUT2D eigenvalue weighted by Crippen LogP contribution is 2.35. The third-order valence-corrected chi connectivity index (χ3v) is 6.70. The van der Waals surface area contributed by atoms with Gasteiger partial charge in [0.25, 0.3) is 11.5 Å². The van der Waals surface area contributed by atoms with Gasteiger partial charge in [-0.25, -0.2) is 12.8 Å². The summed E-state index contributed by atoms with van der Waals surface area (Å²) in [7, 11) is -2.58. The average Bonchev–Trinajstić information content (AvgIpc) is 2.83. The maximum atomic E-state index is 13.2. The van der Waals surface area contributed by atoms with Gasteiger partial charge < -0.3 is 15.8 Å². The van der Waals surface area contributed by atoms with Gasteiger partial charge in [0, 0.05) is 17.7 Å². The Morgan fingerprint density at radius 3 is 2.33 bits per heavy atom. The molecule has 4 aromatic rings. The van der Waals surface area contributed by atoms with Crippen molar-refractivity contribution in [1.82, 2.24) is 9.97 Å². The van der Waals surface area contributed by atoms with Crippen LogP contribution in [0.2, 0.25) is 0 Å². The third kappa shape index (κ3) is 5.34. The van der Waals surface area contributed by atoms with Crippen molar-refractivity contribution in [2.75, 3.05) is 0 Å². The van der Waals surface area contributed by atoms with Crippen LogP contribution >= 0.6 is 0 Å². The SMILES string of the molecule is CC(c1c(C(N)=O)c(=O)[nH]c2cc(Cc3ccc(F)cc3)cnc12)C(O)c1ccc(C[SH](=O)=O)cc1. The van der Waals surface area contributed by atoms with Gasteiger partial charge in [-0.3, -0.25) is 14.6 Å². The highest BCUT2D eigenvalue weighted by atomic mass is 32.2. The zero-order chi connectivity index (χ0) is 26.0. The molecule has 2 aromatic carbocycles. The van der Waals surface area contributed by atoms with Crippen LogP contribution in [0.5, 0.6) is 0 Å². The Balaban J connectivity index is 1.76. The second kappa shape index (κ2) is 10.4. The minimum Gasteiger partial charge on any atom is -0.388 e. The highest BCUT2D eigenvalue weighted by Gasteiger charge is 2.28. The number of hydrogen-bond acceptors (Lipinski definition) is 6. The average molecular weight is 510 g/mol. The molecule has 2 atom stereocenters. The van der Waals surface area contributed by atoms with Gasteiger partial charge >= 0.3 is 0 Å². The molecule has 8 nitrogen and oxygen atoms in total. The predicted octanol–water partition coefficient (Wildman–Crippen LogP) is 2.70. The van der Waals surface area contributed by atoms with Gasteiger partial charge in [-0.05, 0) is 46.9 Å². The largest absolute Gasteiger partial charge is 0.388 e. The first-order valence-electron chi connectivity index (χ1n) is 11.1. The molecule has 2 heterocycles. The molecule has 0 aliphatic heterocycles. The fourth-order valence-electron chi connectivity index (χ4n) is 4.28. The molecule has 4 N–H and O–H groups in total. The number of aliphatic hydroxyl groups excluding tert-OH is 1.